The first-order valence-electron chi connectivity index (χ1n) is 7.42. The smallest absolute Gasteiger partial charge is 0.100 e. The number of nitrogens with zero attached hydrogens (tertiary/aromatic N) is 2. The van der Waals surface area contributed by atoms with E-state index in [0.717, 1.165) is 30.5 Å². The largest absolute Gasteiger partial charge is 0.370 e. The van der Waals surface area contributed by atoms with Gasteiger partial charge in [-0.05, 0) is 59.9 Å². The van der Waals surface area contributed by atoms with Crippen LogP contribution in [0.15, 0.2) is 22.7 Å². The molecule has 1 aromatic rings. The van der Waals surface area contributed by atoms with E-state index in [-0.39, 0.29) is 0 Å². The first kappa shape index (κ1) is 15.3. The molecule has 20 heavy (non-hydrogen) atoms. The molecule has 0 aliphatic carbocycles. The van der Waals surface area contributed by atoms with Gasteiger partial charge in [0, 0.05) is 29.3 Å². The lowest BCUT2D eigenvalue weighted by Crippen LogP contribution is -2.44. The molecule has 0 spiro atoms. The van der Waals surface area contributed by atoms with E-state index in [1.165, 1.54) is 24.9 Å². The first-order chi connectivity index (χ1) is 9.74. The summed E-state index contributed by atoms with van der Waals surface area (Å²) in [6.45, 7) is 5.45. The van der Waals surface area contributed by atoms with Crippen LogP contribution in [0.4, 0.5) is 5.69 Å². The van der Waals surface area contributed by atoms with E-state index in [4.69, 9.17) is 5.26 Å². The molecule has 4 heteroatoms. The van der Waals surface area contributed by atoms with Crippen LogP contribution in [0.25, 0.3) is 0 Å². The van der Waals surface area contributed by atoms with Crippen LogP contribution in [0, 0.1) is 11.3 Å². The quantitative estimate of drug-likeness (QED) is 0.892. The van der Waals surface area contributed by atoms with Crippen molar-refractivity contribution in [2.24, 2.45) is 0 Å². The summed E-state index contributed by atoms with van der Waals surface area (Å²) in [6, 6.07) is 8.81. The third-order valence-corrected chi connectivity index (χ3v) is 4.44. The first-order valence-corrected chi connectivity index (χ1v) is 8.22. The van der Waals surface area contributed by atoms with Gasteiger partial charge in [0.1, 0.15) is 6.07 Å². The van der Waals surface area contributed by atoms with E-state index in [2.05, 4.69) is 51.3 Å². The molecular weight excluding hydrogens is 314 g/mol. The molecule has 2 rings (SSSR count). The average Bonchev–Trinajstić information content (AvgIpc) is 2.48. The van der Waals surface area contributed by atoms with Gasteiger partial charge in [-0.15, -0.1) is 0 Å². The fraction of sp³-hybridized carbons (Fsp3) is 0.562. The van der Waals surface area contributed by atoms with E-state index in [1.807, 2.05) is 6.07 Å². The molecule has 1 saturated heterocycles. The summed E-state index contributed by atoms with van der Waals surface area (Å²) in [5.41, 5.74) is 1.89. The molecule has 0 aromatic heterocycles. The molecule has 1 heterocycles. The van der Waals surface area contributed by atoms with Crippen molar-refractivity contribution in [3.8, 4) is 6.07 Å². The highest BCUT2D eigenvalue weighted by Crippen LogP contribution is 2.24. The Kier molecular flexibility index (Phi) is 5.87. The predicted octanol–water partition coefficient (Wildman–Crippen LogP) is 3.68. The van der Waals surface area contributed by atoms with Crippen molar-refractivity contribution < 1.29 is 0 Å². The monoisotopic (exact) mass is 335 g/mol. The highest BCUT2D eigenvalue weighted by Gasteiger charge is 2.17. The zero-order chi connectivity index (χ0) is 14.4. The maximum Gasteiger partial charge on any atom is 0.100 e. The predicted molar refractivity (Wildman–Crippen MR) is 87.0 cm³/mol. The Morgan fingerprint density at radius 2 is 2.30 bits per heavy atom. The van der Waals surface area contributed by atoms with Gasteiger partial charge in [0.05, 0.1) is 5.56 Å². The number of rotatable bonds is 5. The van der Waals surface area contributed by atoms with E-state index >= 15 is 0 Å². The molecule has 0 saturated carbocycles. The van der Waals surface area contributed by atoms with Crippen molar-refractivity contribution in [1.82, 2.24) is 5.32 Å². The van der Waals surface area contributed by atoms with Gasteiger partial charge in [0.25, 0.3) is 0 Å². The molecule has 1 fully saturated rings. The van der Waals surface area contributed by atoms with Gasteiger partial charge in [0.15, 0.2) is 0 Å². The standard InChI is InChI=1S/C16H22BrN3/c1-2-9-20(12-14-5-3-4-8-19-14)15-7-6-13(11-18)16(17)10-15/h6-7,10,14,19H,2-5,8-9,12H2,1H3. The molecule has 0 bridgehead atoms. The lowest BCUT2D eigenvalue weighted by atomic mass is 10.0. The number of halogens is 1. The molecule has 1 aliphatic heterocycles. The minimum Gasteiger partial charge on any atom is -0.370 e. The Bertz CT molecular complexity index is 475. The van der Waals surface area contributed by atoms with Crippen LogP contribution in [0.5, 0.6) is 0 Å². The third kappa shape index (κ3) is 3.97. The number of nitrogens with one attached hydrogen (secondary N) is 1. The second-order valence-corrected chi connectivity index (χ2v) is 6.22. The van der Waals surface area contributed by atoms with Crippen LogP contribution in [-0.4, -0.2) is 25.7 Å². The van der Waals surface area contributed by atoms with Gasteiger partial charge < -0.3 is 10.2 Å². The molecule has 1 unspecified atom stereocenters. The van der Waals surface area contributed by atoms with Crippen LogP contribution in [0.1, 0.15) is 38.2 Å². The Morgan fingerprint density at radius 3 is 2.90 bits per heavy atom. The second kappa shape index (κ2) is 7.66. The SMILES string of the molecule is CCCN(CC1CCCCN1)c1ccc(C#N)c(Br)c1. The van der Waals surface area contributed by atoms with E-state index in [0.29, 0.717) is 11.6 Å². The van der Waals surface area contributed by atoms with Crippen molar-refractivity contribution in [2.45, 2.75) is 38.6 Å². The van der Waals surface area contributed by atoms with E-state index in [9.17, 15) is 0 Å². The zero-order valence-electron chi connectivity index (χ0n) is 12.0. The normalized spacial score (nSPS) is 18.6. The molecular formula is C16H22BrN3. The third-order valence-electron chi connectivity index (χ3n) is 3.78. The van der Waals surface area contributed by atoms with Crippen molar-refractivity contribution >= 4 is 21.6 Å². The number of anilines is 1. The molecule has 1 aliphatic rings. The average molecular weight is 336 g/mol. The van der Waals surface area contributed by atoms with Gasteiger partial charge in [-0.3, -0.25) is 0 Å². The summed E-state index contributed by atoms with van der Waals surface area (Å²) in [6.07, 6.45) is 5.02. The molecule has 3 nitrogen and oxygen atoms in total. The number of hydrogen-bond acceptors (Lipinski definition) is 3. The summed E-state index contributed by atoms with van der Waals surface area (Å²) in [5.74, 6) is 0. The van der Waals surface area contributed by atoms with Crippen molar-refractivity contribution in [2.75, 3.05) is 24.5 Å². The maximum absolute atomic E-state index is 9.01. The van der Waals surface area contributed by atoms with Crippen LogP contribution in [-0.2, 0) is 0 Å². The van der Waals surface area contributed by atoms with Crippen LogP contribution < -0.4 is 10.2 Å². The van der Waals surface area contributed by atoms with Gasteiger partial charge in [0.2, 0.25) is 0 Å². The fourth-order valence-electron chi connectivity index (χ4n) is 2.73. The summed E-state index contributed by atoms with van der Waals surface area (Å²) in [7, 11) is 0. The van der Waals surface area contributed by atoms with E-state index < -0.39 is 0 Å². The molecule has 0 amide bonds. The minimum absolute atomic E-state index is 0.588. The topological polar surface area (TPSA) is 39.1 Å². The van der Waals surface area contributed by atoms with Crippen LogP contribution in [0.3, 0.4) is 0 Å². The molecule has 1 atom stereocenters. The van der Waals surface area contributed by atoms with Crippen molar-refractivity contribution in [3.63, 3.8) is 0 Å². The highest BCUT2D eigenvalue weighted by molar-refractivity contribution is 9.10. The summed E-state index contributed by atoms with van der Waals surface area (Å²) >= 11 is 3.49. The van der Waals surface area contributed by atoms with Crippen LogP contribution in [0.2, 0.25) is 0 Å². The number of hydrogen-bond donors (Lipinski definition) is 1. The van der Waals surface area contributed by atoms with E-state index in [1.54, 1.807) is 0 Å². The lowest BCUT2D eigenvalue weighted by Gasteiger charge is -2.32. The van der Waals surface area contributed by atoms with Gasteiger partial charge >= 0.3 is 0 Å². The number of nitriles is 1. The molecule has 1 aromatic carbocycles. The number of piperidine rings is 1. The van der Waals surface area contributed by atoms with Crippen molar-refractivity contribution in [3.05, 3.63) is 28.2 Å². The zero-order valence-corrected chi connectivity index (χ0v) is 13.6. The summed E-state index contributed by atoms with van der Waals surface area (Å²) < 4.78 is 0.884. The van der Waals surface area contributed by atoms with Crippen molar-refractivity contribution in [1.29, 1.82) is 5.26 Å². The molecule has 108 valence electrons. The summed E-state index contributed by atoms with van der Waals surface area (Å²) in [5, 5.41) is 12.6. The Balaban J connectivity index is 2.10. The minimum atomic E-state index is 0.588. The maximum atomic E-state index is 9.01. The fourth-order valence-corrected chi connectivity index (χ4v) is 3.19. The van der Waals surface area contributed by atoms with Gasteiger partial charge in [-0.25, -0.2) is 0 Å². The second-order valence-electron chi connectivity index (χ2n) is 5.37. The number of benzene rings is 1. The lowest BCUT2D eigenvalue weighted by molar-refractivity contribution is 0.399. The molecule has 1 N–H and O–H groups in total. The Labute approximate surface area is 130 Å². The van der Waals surface area contributed by atoms with Crippen LogP contribution >= 0.6 is 15.9 Å². The Morgan fingerprint density at radius 1 is 1.45 bits per heavy atom. The summed E-state index contributed by atoms with van der Waals surface area (Å²) in [4.78, 5) is 2.43. The molecule has 0 radical (unpaired) electrons. The highest BCUT2D eigenvalue weighted by atomic mass is 79.9. The van der Waals surface area contributed by atoms with Gasteiger partial charge in [-0.1, -0.05) is 13.3 Å². The Hall–Kier alpha value is -1.05. The van der Waals surface area contributed by atoms with Gasteiger partial charge in [-0.2, -0.15) is 5.26 Å².